The Morgan fingerprint density at radius 2 is 1.75 bits per heavy atom. The molecular weight excluding hydrogens is 422 g/mol. The molecule has 1 aliphatic rings. The fourth-order valence-corrected chi connectivity index (χ4v) is 3.40. The number of fused-ring (bicyclic) bond motifs is 1. The van der Waals surface area contributed by atoms with E-state index < -0.39 is 12.6 Å². The van der Waals surface area contributed by atoms with Gasteiger partial charge in [0.25, 0.3) is 0 Å². The highest BCUT2D eigenvalue weighted by atomic mass is 19.3. The third kappa shape index (κ3) is 4.11. The first-order valence-corrected chi connectivity index (χ1v) is 9.83. The van der Waals surface area contributed by atoms with Crippen molar-refractivity contribution >= 4 is 23.2 Å². The summed E-state index contributed by atoms with van der Waals surface area (Å²) in [4.78, 5) is 32.7. The van der Waals surface area contributed by atoms with Crippen molar-refractivity contribution in [1.82, 2.24) is 9.55 Å². The van der Waals surface area contributed by atoms with E-state index >= 15 is 0 Å². The number of alkyl halides is 2. The number of urea groups is 1. The first-order valence-electron chi connectivity index (χ1n) is 9.83. The normalized spacial score (nSPS) is 13.3. The number of pyridine rings is 2. The van der Waals surface area contributed by atoms with Gasteiger partial charge in [-0.15, -0.1) is 0 Å². The van der Waals surface area contributed by atoms with Gasteiger partial charge in [-0.1, -0.05) is 0 Å². The van der Waals surface area contributed by atoms with Crippen LogP contribution in [0.4, 0.5) is 30.8 Å². The van der Waals surface area contributed by atoms with Crippen molar-refractivity contribution in [2.24, 2.45) is 7.05 Å². The maximum atomic E-state index is 13.5. The lowest BCUT2D eigenvalue weighted by molar-refractivity contribution is -0.0498. The van der Waals surface area contributed by atoms with Crippen LogP contribution in [0.15, 0.2) is 59.5 Å². The molecule has 0 spiro atoms. The number of ether oxygens (including phenoxy) is 2. The number of rotatable bonds is 6. The summed E-state index contributed by atoms with van der Waals surface area (Å²) in [6.45, 7) is -0.486. The summed E-state index contributed by atoms with van der Waals surface area (Å²) in [6, 6.07) is 11.8. The van der Waals surface area contributed by atoms with Crippen LogP contribution in [-0.4, -0.2) is 28.8 Å². The summed E-state index contributed by atoms with van der Waals surface area (Å²) >= 11 is 0. The van der Waals surface area contributed by atoms with Gasteiger partial charge in [-0.25, -0.2) is 9.69 Å². The number of carbonyl (C=O) groups is 1. The van der Waals surface area contributed by atoms with Gasteiger partial charge in [0.2, 0.25) is 11.4 Å². The van der Waals surface area contributed by atoms with Crippen LogP contribution in [0.2, 0.25) is 0 Å². The molecule has 8 nitrogen and oxygen atoms in total. The Morgan fingerprint density at radius 3 is 2.41 bits per heavy atom. The van der Waals surface area contributed by atoms with Crippen molar-refractivity contribution in [3.05, 3.63) is 70.6 Å². The summed E-state index contributed by atoms with van der Waals surface area (Å²) < 4.78 is 36.3. The van der Waals surface area contributed by atoms with E-state index in [0.29, 0.717) is 29.7 Å². The number of aromatic nitrogens is 2. The third-order valence-electron chi connectivity index (χ3n) is 4.89. The van der Waals surface area contributed by atoms with E-state index in [4.69, 9.17) is 4.74 Å². The zero-order chi connectivity index (χ0) is 22.8. The molecular formula is C22H20F2N4O4. The molecule has 10 heteroatoms. The highest BCUT2D eigenvalue weighted by molar-refractivity contribution is 6.10. The minimum absolute atomic E-state index is 0.0284. The number of benzene rings is 1. The van der Waals surface area contributed by atoms with Crippen LogP contribution in [0.5, 0.6) is 11.6 Å². The summed E-state index contributed by atoms with van der Waals surface area (Å²) in [5.41, 5.74) is 1.48. The van der Waals surface area contributed by atoms with Gasteiger partial charge in [0.1, 0.15) is 11.6 Å². The second-order valence-corrected chi connectivity index (χ2v) is 6.98. The molecule has 166 valence electrons. The largest absolute Gasteiger partial charge is 0.478 e. The zero-order valence-electron chi connectivity index (χ0n) is 17.4. The quantitative estimate of drug-likeness (QED) is 0.576. The van der Waals surface area contributed by atoms with Gasteiger partial charge in [-0.2, -0.15) is 13.8 Å². The van der Waals surface area contributed by atoms with Crippen LogP contribution < -0.4 is 24.8 Å². The maximum absolute atomic E-state index is 13.5. The Bertz CT molecular complexity index is 1200. The van der Waals surface area contributed by atoms with Gasteiger partial charge >= 0.3 is 12.6 Å². The third-order valence-corrected chi connectivity index (χ3v) is 4.89. The average Bonchev–Trinajstić information content (AvgIpc) is 2.76. The molecule has 3 aromatic rings. The van der Waals surface area contributed by atoms with Crippen LogP contribution in [0, 0.1) is 0 Å². The molecule has 0 radical (unpaired) electrons. The molecule has 0 aliphatic carbocycles. The first kappa shape index (κ1) is 21.3. The lowest BCUT2D eigenvalue weighted by Gasteiger charge is -2.36. The number of amides is 2. The number of aryl methyl sites for hydroxylation is 1. The summed E-state index contributed by atoms with van der Waals surface area (Å²) in [5.74, 6) is 0.709. The van der Waals surface area contributed by atoms with Crippen LogP contribution in [0.3, 0.4) is 0 Å². The van der Waals surface area contributed by atoms with Crippen LogP contribution >= 0.6 is 0 Å². The minimum atomic E-state index is -2.95. The van der Waals surface area contributed by atoms with Gasteiger partial charge in [0, 0.05) is 30.9 Å². The summed E-state index contributed by atoms with van der Waals surface area (Å²) in [6.07, 6.45) is 1.57. The molecule has 0 atom stereocenters. The summed E-state index contributed by atoms with van der Waals surface area (Å²) in [7, 11) is 1.60. The van der Waals surface area contributed by atoms with Crippen molar-refractivity contribution in [3.8, 4) is 11.6 Å². The second-order valence-electron chi connectivity index (χ2n) is 6.98. The number of carbonyl (C=O) groups excluding carboxylic acids is 1. The Morgan fingerprint density at radius 1 is 1.03 bits per heavy atom. The molecule has 0 saturated heterocycles. The Hall–Kier alpha value is -3.95. The molecule has 2 amide bonds. The molecule has 2 aromatic heterocycles. The van der Waals surface area contributed by atoms with Gasteiger partial charge in [0.05, 0.1) is 24.5 Å². The molecule has 0 unspecified atom stereocenters. The molecule has 0 N–H and O–H groups in total. The van der Waals surface area contributed by atoms with E-state index in [9.17, 15) is 18.4 Å². The van der Waals surface area contributed by atoms with E-state index in [0.717, 1.165) is 5.56 Å². The van der Waals surface area contributed by atoms with Gasteiger partial charge in [-0.3, -0.25) is 9.69 Å². The molecule has 1 aromatic carbocycles. The molecule has 0 saturated carbocycles. The predicted molar refractivity (Wildman–Crippen MR) is 114 cm³/mol. The molecule has 3 heterocycles. The molecule has 0 bridgehead atoms. The summed E-state index contributed by atoms with van der Waals surface area (Å²) in [5, 5.41) is 0. The van der Waals surface area contributed by atoms with Crippen molar-refractivity contribution in [2.45, 2.75) is 20.1 Å². The van der Waals surface area contributed by atoms with Crippen molar-refractivity contribution in [2.75, 3.05) is 16.4 Å². The predicted octanol–water partition coefficient (Wildman–Crippen LogP) is 4.06. The topological polar surface area (TPSA) is 76.9 Å². The highest BCUT2D eigenvalue weighted by Gasteiger charge is 2.34. The number of nitrogens with zero attached hydrogens (tertiary/aromatic N) is 4. The van der Waals surface area contributed by atoms with Gasteiger partial charge in [-0.05, 0) is 43.3 Å². The van der Waals surface area contributed by atoms with Crippen molar-refractivity contribution in [1.29, 1.82) is 0 Å². The molecule has 4 rings (SSSR count). The number of halogens is 2. The first-order chi connectivity index (χ1) is 15.4. The SMILES string of the molecule is CCOc1ccc2c(n1)N(c1ccc(OC(F)F)cc1)C(=O)N(c1ccc(=O)n(C)c1)C2. The molecule has 1 aliphatic heterocycles. The van der Waals surface area contributed by atoms with E-state index in [2.05, 4.69) is 9.72 Å². The fourth-order valence-electron chi connectivity index (χ4n) is 3.40. The molecule has 32 heavy (non-hydrogen) atoms. The van der Waals surface area contributed by atoms with Gasteiger partial charge in [0.15, 0.2) is 0 Å². The van der Waals surface area contributed by atoms with E-state index in [1.807, 2.05) is 13.0 Å². The van der Waals surface area contributed by atoms with Gasteiger partial charge < -0.3 is 14.0 Å². The van der Waals surface area contributed by atoms with Crippen LogP contribution in [0.25, 0.3) is 0 Å². The number of hydrogen-bond acceptors (Lipinski definition) is 5. The Balaban J connectivity index is 1.79. The molecule has 0 fully saturated rings. The average molecular weight is 442 g/mol. The second kappa shape index (κ2) is 8.66. The Kier molecular flexibility index (Phi) is 5.76. The van der Waals surface area contributed by atoms with Crippen molar-refractivity contribution < 1.29 is 23.0 Å². The lowest BCUT2D eigenvalue weighted by atomic mass is 10.1. The van der Waals surface area contributed by atoms with E-state index in [-0.39, 0.29) is 17.9 Å². The standard InChI is InChI=1S/C22H20F2N4O4/c1-3-31-18-10-4-14-12-27(16-7-11-19(29)26(2)13-16)22(30)28(20(14)25-18)15-5-8-17(9-6-15)32-21(23)24/h4-11,13,21H,3,12H2,1-2H3. The Labute approximate surface area is 182 Å². The minimum Gasteiger partial charge on any atom is -0.478 e. The highest BCUT2D eigenvalue weighted by Crippen LogP contribution is 2.37. The van der Waals surface area contributed by atoms with Crippen LogP contribution in [-0.2, 0) is 13.6 Å². The van der Waals surface area contributed by atoms with E-state index in [1.165, 1.54) is 44.7 Å². The monoisotopic (exact) mass is 442 g/mol. The van der Waals surface area contributed by atoms with E-state index in [1.54, 1.807) is 25.4 Å². The number of anilines is 3. The fraction of sp³-hybridized carbons (Fsp3) is 0.227. The van der Waals surface area contributed by atoms with Crippen LogP contribution in [0.1, 0.15) is 12.5 Å². The maximum Gasteiger partial charge on any atom is 0.387 e. The smallest absolute Gasteiger partial charge is 0.387 e. The van der Waals surface area contributed by atoms with Crippen molar-refractivity contribution in [3.63, 3.8) is 0 Å². The zero-order valence-corrected chi connectivity index (χ0v) is 17.4. The number of hydrogen-bond donors (Lipinski definition) is 0. The lowest BCUT2D eigenvalue weighted by Crippen LogP contribution is -2.45.